The second-order valence-corrected chi connectivity index (χ2v) is 3.90. The van der Waals surface area contributed by atoms with E-state index in [1.165, 1.54) is 24.3 Å². The topological polar surface area (TPSA) is 86.2 Å². The second-order valence-electron chi connectivity index (χ2n) is 3.90. The van der Waals surface area contributed by atoms with Crippen molar-refractivity contribution >= 4 is 11.7 Å². The van der Waals surface area contributed by atoms with Crippen molar-refractivity contribution in [1.29, 1.82) is 0 Å². The van der Waals surface area contributed by atoms with Crippen LogP contribution in [0.15, 0.2) is 28.7 Å². The molecule has 9 heteroatoms. The number of nitrogens with zero attached hydrogens (tertiary/aromatic N) is 2. The summed E-state index contributed by atoms with van der Waals surface area (Å²) in [6.07, 6.45) is -4.79. The molecule has 0 spiro atoms. The van der Waals surface area contributed by atoms with Gasteiger partial charge >= 0.3 is 12.4 Å². The van der Waals surface area contributed by atoms with Gasteiger partial charge in [0.2, 0.25) is 5.89 Å². The quantitative estimate of drug-likeness (QED) is 0.899. The van der Waals surface area contributed by atoms with Crippen LogP contribution in [0.1, 0.15) is 18.9 Å². The highest BCUT2D eigenvalue weighted by atomic mass is 19.4. The van der Waals surface area contributed by atoms with E-state index in [0.717, 1.165) is 0 Å². The predicted molar refractivity (Wildman–Crippen MR) is 63.3 cm³/mol. The number of hydrogen-bond donors (Lipinski definition) is 2. The standard InChI is InChI=1S/C11H11F3N4O2/c1-6(15)9-17-18-10(19-9)16-7-4-2-3-5-8(7)20-11(12,13)14/h2-6H,15H2,1H3,(H,16,18). The van der Waals surface area contributed by atoms with E-state index < -0.39 is 18.2 Å². The van der Waals surface area contributed by atoms with E-state index >= 15 is 0 Å². The first-order valence-electron chi connectivity index (χ1n) is 5.56. The maximum Gasteiger partial charge on any atom is 0.573 e. The highest BCUT2D eigenvalue weighted by Gasteiger charge is 2.32. The number of ether oxygens (including phenoxy) is 1. The number of halogens is 3. The molecule has 2 rings (SSSR count). The molecule has 0 radical (unpaired) electrons. The maximum atomic E-state index is 12.3. The largest absolute Gasteiger partial charge is 0.573 e. The van der Waals surface area contributed by atoms with Gasteiger partial charge in [-0.25, -0.2) is 0 Å². The molecule has 0 fully saturated rings. The summed E-state index contributed by atoms with van der Waals surface area (Å²) in [5.41, 5.74) is 5.58. The molecule has 0 aliphatic heterocycles. The minimum Gasteiger partial charge on any atom is -0.406 e. The second kappa shape index (κ2) is 5.37. The van der Waals surface area contributed by atoms with Crippen LogP contribution >= 0.6 is 0 Å². The Hall–Kier alpha value is -2.29. The Morgan fingerprint density at radius 1 is 1.30 bits per heavy atom. The van der Waals surface area contributed by atoms with Crippen LogP contribution in [-0.2, 0) is 0 Å². The lowest BCUT2D eigenvalue weighted by molar-refractivity contribution is -0.274. The maximum absolute atomic E-state index is 12.3. The summed E-state index contributed by atoms with van der Waals surface area (Å²) in [6.45, 7) is 1.64. The number of nitrogens with two attached hydrogens (primary N) is 1. The van der Waals surface area contributed by atoms with Crippen LogP contribution in [0.25, 0.3) is 0 Å². The fourth-order valence-corrected chi connectivity index (χ4v) is 1.37. The van der Waals surface area contributed by atoms with Gasteiger partial charge < -0.3 is 20.2 Å². The van der Waals surface area contributed by atoms with Gasteiger partial charge in [-0.05, 0) is 19.1 Å². The van der Waals surface area contributed by atoms with Crippen LogP contribution in [0.3, 0.4) is 0 Å². The van der Waals surface area contributed by atoms with Crippen molar-refractivity contribution in [2.45, 2.75) is 19.3 Å². The minimum absolute atomic E-state index is 0.0460. The van der Waals surface area contributed by atoms with Crippen molar-refractivity contribution in [3.8, 4) is 5.75 Å². The molecule has 6 nitrogen and oxygen atoms in total. The van der Waals surface area contributed by atoms with E-state index in [1.54, 1.807) is 6.92 Å². The van der Waals surface area contributed by atoms with Gasteiger partial charge in [-0.15, -0.1) is 18.3 Å². The normalized spacial score (nSPS) is 13.1. The number of aromatic nitrogens is 2. The fourth-order valence-electron chi connectivity index (χ4n) is 1.37. The van der Waals surface area contributed by atoms with Crippen molar-refractivity contribution in [2.24, 2.45) is 5.73 Å². The Labute approximate surface area is 111 Å². The zero-order chi connectivity index (χ0) is 14.8. The third kappa shape index (κ3) is 3.60. The predicted octanol–water partition coefficient (Wildman–Crippen LogP) is 2.73. The first-order chi connectivity index (χ1) is 9.35. The van der Waals surface area contributed by atoms with Gasteiger partial charge in [0, 0.05) is 0 Å². The van der Waals surface area contributed by atoms with Crippen LogP contribution in [0.2, 0.25) is 0 Å². The number of nitrogens with one attached hydrogen (secondary N) is 1. The number of anilines is 2. The van der Waals surface area contributed by atoms with Crippen LogP contribution in [0.4, 0.5) is 24.9 Å². The average molecular weight is 288 g/mol. The summed E-state index contributed by atoms with van der Waals surface area (Å²) in [4.78, 5) is 0. The molecule has 3 N–H and O–H groups in total. The Morgan fingerprint density at radius 3 is 2.60 bits per heavy atom. The van der Waals surface area contributed by atoms with Crippen molar-refractivity contribution in [2.75, 3.05) is 5.32 Å². The van der Waals surface area contributed by atoms with E-state index in [1.807, 2.05) is 0 Å². The van der Waals surface area contributed by atoms with Gasteiger partial charge in [0.15, 0.2) is 5.75 Å². The summed E-state index contributed by atoms with van der Waals surface area (Å²) >= 11 is 0. The number of hydrogen-bond acceptors (Lipinski definition) is 6. The molecular formula is C11H11F3N4O2. The van der Waals surface area contributed by atoms with Gasteiger partial charge in [0.25, 0.3) is 0 Å². The molecule has 0 saturated heterocycles. The molecule has 1 unspecified atom stereocenters. The summed E-state index contributed by atoms with van der Waals surface area (Å²) in [7, 11) is 0. The molecule has 0 aliphatic rings. The Morgan fingerprint density at radius 2 is 2.00 bits per heavy atom. The zero-order valence-electron chi connectivity index (χ0n) is 10.3. The lowest BCUT2D eigenvalue weighted by atomic mass is 10.3. The van der Waals surface area contributed by atoms with Gasteiger partial charge in [-0.3, -0.25) is 0 Å². The number of alkyl halides is 3. The van der Waals surface area contributed by atoms with Gasteiger partial charge in [0.1, 0.15) is 0 Å². The Bertz CT molecular complexity index is 583. The minimum atomic E-state index is -4.79. The van der Waals surface area contributed by atoms with Crippen LogP contribution in [0, 0.1) is 0 Å². The first-order valence-corrected chi connectivity index (χ1v) is 5.56. The smallest absolute Gasteiger partial charge is 0.406 e. The Kier molecular flexibility index (Phi) is 3.79. The van der Waals surface area contributed by atoms with E-state index in [-0.39, 0.29) is 17.6 Å². The molecule has 1 heterocycles. The third-order valence-electron chi connectivity index (χ3n) is 2.18. The molecule has 0 aliphatic carbocycles. The van der Waals surface area contributed by atoms with Crippen molar-refractivity contribution in [3.63, 3.8) is 0 Å². The molecule has 108 valence electrons. The fraction of sp³-hybridized carbons (Fsp3) is 0.273. The molecule has 1 aromatic carbocycles. The molecule has 0 amide bonds. The van der Waals surface area contributed by atoms with Crippen molar-refractivity contribution in [3.05, 3.63) is 30.2 Å². The van der Waals surface area contributed by atoms with Crippen molar-refractivity contribution < 1.29 is 22.3 Å². The highest BCUT2D eigenvalue weighted by Crippen LogP contribution is 2.31. The number of benzene rings is 1. The SMILES string of the molecule is CC(N)c1nnc(Nc2ccccc2OC(F)(F)F)o1. The summed E-state index contributed by atoms with van der Waals surface area (Å²) in [5, 5.41) is 9.82. The lowest BCUT2D eigenvalue weighted by Gasteiger charge is -2.12. The molecule has 20 heavy (non-hydrogen) atoms. The van der Waals surface area contributed by atoms with E-state index in [2.05, 4.69) is 20.3 Å². The zero-order valence-corrected chi connectivity index (χ0v) is 10.3. The van der Waals surface area contributed by atoms with Crippen LogP contribution < -0.4 is 15.8 Å². The Balaban J connectivity index is 2.20. The van der Waals surface area contributed by atoms with Gasteiger partial charge in [0.05, 0.1) is 11.7 Å². The number of rotatable bonds is 4. The van der Waals surface area contributed by atoms with E-state index in [9.17, 15) is 13.2 Å². The number of para-hydroxylation sites is 2. The molecule has 0 saturated carbocycles. The molecule has 1 atom stereocenters. The van der Waals surface area contributed by atoms with Crippen LogP contribution in [0.5, 0.6) is 5.75 Å². The summed E-state index contributed by atoms with van der Waals surface area (Å²) < 4.78 is 45.8. The van der Waals surface area contributed by atoms with E-state index in [4.69, 9.17) is 10.2 Å². The molecular weight excluding hydrogens is 277 g/mol. The monoisotopic (exact) mass is 288 g/mol. The average Bonchev–Trinajstić information content (AvgIpc) is 2.78. The van der Waals surface area contributed by atoms with Crippen molar-refractivity contribution in [1.82, 2.24) is 10.2 Å². The van der Waals surface area contributed by atoms with Crippen LogP contribution in [-0.4, -0.2) is 16.6 Å². The highest BCUT2D eigenvalue weighted by molar-refractivity contribution is 5.61. The third-order valence-corrected chi connectivity index (χ3v) is 2.18. The van der Waals surface area contributed by atoms with Gasteiger partial charge in [-0.2, -0.15) is 0 Å². The summed E-state index contributed by atoms with van der Waals surface area (Å²) in [6, 6.07) is 4.95. The summed E-state index contributed by atoms with van der Waals surface area (Å²) in [5.74, 6) is -0.234. The lowest BCUT2D eigenvalue weighted by Crippen LogP contribution is -2.17. The molecule has 0 bridgehead atoms. The van der Waals surface area contributed by atoms with E-state index in [0.29, 0.717) is 0 Å². The molecule has 1 aromatic heterocycles. The molecule has 2 aromatic rings. The first kappa shape index (κ1) is 14.1. The van der Waals surface area contributed by atoms with Gasteiger partial charge in [-0.1, -0.05) is 17.2 Å².